The smallest absolute Gasteiger partial charge is 0.0701 e. The van der Waals surface area contributed by atoms with Gasteiger partial charge >= 0.3 is 0 Å². The second-order valence-corrected chi connectivity index (χ2v) is 3.82. The molecule has 0 aromatic heterocycles. The highest BCUT2D eigenvalue weighted by molar-refractivity contribution is 6.35. The molecule has 4 heteroatoms. The molecule has 2 nitrogen and oxygen atoms in total. The molecule has 1 aliphatic rings. The summed E-state index contributed by atoms with van der Waals surface area (Å²) in [5, 5.41) is 1.35. The van der Waals surface area contributed by atoms with Gasteiger partial charge in [0, 0.05) is 10.0 Å². The molecular formula is C9H9Cl2NO. The molecule has 1 aromatic rings. The lowest BCUT2D eigenvalue weighted by Gasteiger charge is -2.10. The number of nitrogens with one attached hydrogen (secondary N) is 1. The first kappa shape index (κ1) is 9.28. The van der Waals surface area contributed by atoms with Crippen molar-refractivity contribution in [2.75, 3.05) is 6.61 Å². The van der Waals surface area contributed by atoms with Crippen LogP contribution in [-0.2, 0) is 4.84 Å². The molecule has 1 fully saturated rings. The van der Waals surface area contributed by atoms with Crippen molar-refractivity contribution < 1.29 is 4.84 Å². The van der Waals surface area contributed by atoms with Crippen LogP contribution < -0.4 is 5.48 Å². The zero-order chi connectivity index (χ0) is 9.26. The lowest BCUT2D eigenvalue weighted by atomic mass is 10.1. The Bertz CT molecular complexity index is 310. The van der Waals surface area contributed by atoms with Crippen molar-refractivity contribution in [3.8, 4) is 0 Å². The predicted octanol–water partition coefficient (Wildman–Crippen LogP) is 2.96. The van der Waals surface area contributed by atoms with Crippen LogP contribution in [0.15, 0.2) is 18.2 Å². The van der Waals surface area contributed by atoms with Crippen molar-refractivity contribution in [3.63, 3.8) is 0 Å². The highest BCUT2D eigenvalue weighted by atomic mass is 35.5. The lowest BCUT2D eigenvalue weighted by Crippen LogP contribution is -2.11. The van der Waals surface area contributed by atoms with E-state index in [0.29, 0.717) is 10.0 Å². The van der Waals surface area contributed by atoms with E-state index in [1.165, 1.54) is 0 Å². The standard InChI is InChI=1S/C9H9Cl2NO/c10-6-1-2-7(8(11)5-6)9-3-4-13-12-9/h1-2,5,9,12H,3-4H2. The van der Waals surface area contributed by atoms with E-state index < -0.39 is 0 Å². The van der Waals surface area contributed by atoms with Gasteiger partial charge in [-0.25, -0.2) is 0 Å². The number of benzene rings is 1. The normalized spacial score (nSPS) is 22.2. The van der Waals surface area contributed by atoms with Crippen molar-refractivity contribution in [1.82, 2.24) is 5.48 Å². The van der Waals surface area contributed by atoms with E-state index in [0.717, 1.165) is 18.6 Å². The van der Waals surface area contributed by atoms with Crippen LogP contribution in [0, 0.1) is 0 Å². The summed E-state index contributed by atoms with van der Waals surface area (Å²) in [4.78, 5) is 5.06. The average Bonchev–Trinajstić information content (AvgIpc) is 2.56. The molecule has 0 radical (unpaired) electrons. The SMILES string of the molecule is Clc1ccc(C2CCON2)c(Cl)c1. The zero-order valence-electron chi connectivity index (χ0n) is 6.89. The Morgan fingerprint density at radius 1 is 1.38 bits per heavy atom. The summed E-state index contributed by atoms with van der Waals surface area (Å²) in [6.45, 7) is 0.726. The van der Waals surface area contributed by atoms with Crippen molar-refractivity contribution in [1.29, 1.82) is 0 Å². The molecule has 0 bridgehead atoms. The fourth-order valence-corrected chi connectivity index (χ4v) is 1.94. The molecule has 0 aliphatic carbocycles. The van der Waals surface area contributed by atoms with Gasteiger partial charge in [-0.05, 0) is 24.1 Å². The third-order valence-electron chi connectivity index (χ3n) is 2.07. The van der Waals surface area contributed by atoms with E-state index in [9.17, 15) is 0 Å². The summed E-state index contributed by atoms with van der Waals surface area (Å²) in [5.41, 5.74) is 3.95. The van der Waals surface area contributed by atoms with E-state index in [4.69, 9.17) is 28.0 Å². The first-order valence-electron chi connectivity index (χ1n) is 4.09. The van der Waals surface area contributed by atoms with Gasteiger partial charge in [-0.2, -0.15) is 5.48 Å². The predicted molar refractivity (Wildman–Crippen MR) is 52.9 cm³/mol. The minimum Gasteiger partial charge on any atom is -0.301 e. The van der Waals surface area contributed by atoms with Crippen LogP contribution in [0.4, 0.5) is 0 Å². The van der Waals surface area contributed by atoms with Crippen molar-refractivity contribution in [3.05, 3.63) is 33.8 Å². The third-order valence-corrected chi connectivity index (χ3v) is 2.63. The summed E-state index contributed by atoms with van der Waals surface area (Å²) in [7, 11) is 0. The van der Waals surface area contributed by atoms with Gasteiger partial charge in [0.05, 0.1) is 12.6 Å². The molecule has 13 heavy (non-hydrogen) atoms. The minimum absolute atomic E-state index is 0.199. The van der Waals surface area contributed by atoms with Crippen LogP contribution in [-0.4, -0.2) is 6.61 Å². The molecule has 0 saturated carbocycles. The highest BCUT2D eigenvalue weighted by Crippen LogP contribution is 2.29. The molecule has 0 spiro atoms. The van der Waals surface area contributed by atoms with Gasteiger partial charge in [-0.3, -0.25) is 0 Å². The van der Waals surface area contributed by atoms with E-state index in [1.54, 1.807) is 6.07 Å². The second kappa shape index (κ2) is 3.84. The molecule has 1 heterocycles. The van der Waals surface area contributed by atoms with Gasteiger partial charge in [0.25, 0.3) is 0 Å². The summed E-state index contributed by atoms with van der Waals surface area (Å²) in [6.07, 6.45) is 0.946. The highest BCUT2D eigenvalue weighted by Gasteiger charge is 2.19. The number of halogens is 2. The summed E-state index contributed by atoms with van der Waals surface area (Å²) in [6, 6.07) is 5.71. The summed E-state index contributed by atoms with van der Waals surface area (Å²) in [5.74, 6) is 0. The Hall–Kier alpha value is -0.280. The Kier molecular flexibility index (Phi) is 2.74. The van der Waals surface area contributed by atoms with Gasteiger partial charge in [-0.1, -0.05) is 29.3 Å². The molecule has 1 aliphatic heterocycles. The molecule has 2 rings (SSSR count). The maximum absolute atomic E-state index is 6.03. The van der Waals surface area contributed by atoms with Crippen LogP contribution in [0.3, 0.4) is 0 Å². The Morgan fingerprint density at radius 2 is 2.23 bits per heavy atom. The van der Waals surface area contributed by atoms with E-state index in [1.807, 2.05) is 12.1 Å². The first-order chi connectivity index (χ1) is 6.27. The quantitative estimate of drug-likeness (QED) is 0.782. The summed E-state index contributed by atoms with van der Waals surface area (Å²) >= 11 is 11.8. The van der Waals surface area contributed by atoms with Gasteiger partial charge in [0.15, 0.2) is 0 Å². The maximum Gasteiger partial charge on any atom is 0.0701 e. The Labute approximate surface area is 86.7 Å². The topological polar surface area (TPSA) is 21.3 Å². The van der Waals surface area contributed by atoms with Crippen molar-refractivity contribution >= 4 is 23.2 Å². The maximum atomic E-state index is 6.03. The van der Waals surface area contributed by atoms with Gasteiger partial charge < -0.3 is 4.84 Å². The molecule has 70 valence electrons. The number of rotatable bonds is 1. The lowest BCUT2D eigenvalue weighted by molar-refractivity contribution is 0.0883. The van der Waals surface area contributed by atoms with E-state index >= 15 is 0 Å². The molecule has 0 amide bonds. The van der Waals surface area contributed by atoms with Crippen LogP contribution in [0.25, 0.3) is 0 Å². The van der Waals surface area contributed by atoms with Crippen LogP contribution >= 0.6 is 23.2 Å². The van der Waals surface area contributed by atoms with Crippen molar-refractivity contribution in [2.45, 2.75) is 12.5 Å². The van der Waals surface area contributed by atoms with Crippen molar-refractivity contribution in [2.24, 2.45) is 0 Å². The van der Waals surface area contributed by atoms with E-state index in [2.05, 4.69) is 5.48 Å². The molecule has 1 aromatic carbocycles. The molecule has 1 atom stereocenters. The van der Waals surface area contributed by atoms with Crippen LogP contribution in [0.2, 0.25) is 10.0 Å². The van der Waals surface area contributed by atoms with Gasteiger partial charge in [-0.15, -0.1) is 0 Å². The Balaban J connectivity index is 2.29. The van der Waals surface area contributed by atoms with Gasteiger partial charge in [0.1, 0.15) is 0 Å². The molecule has 1 unspecified atom stereocenters. The molecular weight excluding hydrogens is 209 g/mol. The fraction of sp³-hybridized carbons (Fsp3) is 0.333. The monoisotopic (exact) mass is 217 g/mol. The minimum atomic E-state index is 0.199. The average molecular weight is 218 g/mol. The number of hydrogen-bond acceptors (Lipinski definition) is 2. The fourth-order valence-electron chi connectivity index (χ4n) is 1.40. The zero-order valence-corrected chi connectivity index (χ0v) is 8.40. The third kappa shape index (κ3) is 1.97. The Morgan fingerprint density at radius 3 is 2.85 bits per heavy atom. The van der Waals surface area contributed by atoms with E-state index in [-0.39, 0.29) is 6.04 Å². The number of hydrogen-bond donors (Lipinski definition) is 1. The second-order valence-electron chi connectivity index (χ2n) is 2.97. The van der Waals surface area contributed by atoms with Crippen LogP contribution in [0.1, 0.15) is 18.0 Å². The summed E-state index contributed by atoms with van der Waals surface area (Å²) < 4.78 is 0. The number of hydroxylamine groups is 1. The largest absolute Gasteiger partial charge is 0.301 e. The van der Waals surface area contributed by atoms with Crippen LogP contribution in [0.5, 0.6) is 0 Å². The first-order valence-corrected chi connectivity index (χ1v) is 4.85. The molecule has 1 saturated heterocycles. The van der Waals surface area contributed by atoms with Gasteiger partial charge in [0.2, 0.25) is 0 Å². The molecule has 1 N–H and O–H groups in total.